The number of rotatable bonds is 3. The molecule has 136 valence electrons. The number of nitriles is 3. The Labute approximate surface area is 158 Å². The van der Waals surface area contributed by atoms with Gasteiger partial charge in [0.15, 0.2) is 11.5 Å². The van der Waals surface area contributed by atoms with Crippen LogP contribution in [0.1, 0.15) is 30.7 Å². The summed E-state index contributed by atoms with van der Waals surface area (Å²) in [6.45, 7) is 0. The molecular weight excluding hydrogens is 340 g/mol. The Hall–Kier alpha value is -3.30. The molecule has 0 amide bonds. The van der Waals surface area contributed by atoms with E-state index in [1.807, 2.05) is 30.3 Å². The second-order valence-corrected chi connectivity index (χ2v) is 6.80. The summed E-state index contributed by atoms with van der Waals surface area (Å²) in [7, 11) is 3.10. The highest BCUT2D eigenvalue weighted by atomic mass is 16.5. The third-order valence-electron chi connectivity index (χ3n) is 5.69. The highest BCUT2D eigenvalue weighted by molar-refractivity contribution is 6.01. The maximum absolute atomic E-state index is 9.90. The van der Waals surface area contributed by atoms with E-state index in [4.69, 9.17) is 14.9 Å². The smallest absolute Gasteiger partial charge is 0.203 e. The van der Waals surface area contributed by atoms with Crippen molar-refractivity contribution in [2.24, 2.45) is 17.3 Å². The van der Waals surface area contributed by atoms with Gasteiger partial charge in [0.25, 0.3) is 0 Å². The zero-order valence-electron chi connectivity index (χ0n) is 15.3. The molecule has 1 aromatic carbocycles. The van der Waals surface area contributed by atoms with Crippen molar-refractivity contribution in [3.05, 3.63) is 35.4 Å². The van der Waals surface area contributed by atoms with Crippen LogP contribution in [0.5, 0.6) is 11.5 Å². The van der Waals surface area contributed by atoms with E-state index < -0.39 is 11.3 Å². The van der Waals surface area contributed by atoms with Gasteiger partial charge >= 0.3 is 0 Å². The zero-order valence-corrected chi connectivity index (χ0v) is 15.3. The van der Waals surface area contributed by atoms with Crippen molar-refractivity contribution in [3.63, 3.8) is 0 Å². The molecule has 1 N–H and O–H groups in total. The van der Waals surface area contributed by atoms with Crippen molar-refractivity contribution in [1.82, 2.24) is 0 Å². The quantitative estimate of drug-likeness (QED) is 0.825. The number of methoxy groups -OCH3 is 2. The summed E-state index contributed by atoms with van der Waals surface area (Å²) in [6.07, 6.45) is 4.36. The van der Waals surface area contributed by atoms with E-state index in [-0.39, 0.29) is 17.5 Å². The summed E-state index contributed by atoms with van der Waals surface area (Å²) in [6, 6.07) is 11.8. The van der Waals surface area contributed by atoms with E-state index in [1.54, 1.807) is 20.3 Å². The molecule has 0 aromatic heterocycles. The maximum atomic E-state index is 9.90. The van der Waals surface area contributed by atoms with Crippen LogP contribution in [0.4, 0.5) is 0 Å². The maximum Gasteiger partial charge on any atom is 0.203 e. The van der Waals surface area contributed by atoms with Crippen molar-refractivity contribution in [2.75, 3.05) is 14.2 Å². The molecule has 3 atom stereocenters. The lowest BCUT2D eigenvalue weighted by Crippen LogP contribution is -2.47. The van der Waals surface area contributed by atoms with Gasteiger partial charge in [0, 0.05) is 11.5 Å². The van der Waals surface area contributed by atoms with Gasteiger partial charge in [-0.2, -0.15) is 15.8 Å². The van der Waals surface area contributed by atoms with Crippen LogP contribution in [0.3, 0.4) is 0 Å². The van der Waals surface area contributed by atoms with Crippen molar-refractivity contribution in [2.45, 2.75) is 25.2 Å². The van der Waals surface area contributed by atoms with Crippen LogP contribution in [0.2, 0.25) is 0 Å². The van der Waals surface area contributed by atoms with Crippen LogP contribution in [0.15, 0.2) is 29.8 Å². The zero-order chi connectivity index (χ0) is 19.6. The molecule has 2 aliphatic rings. The van der Waals surface area contributed by atoms with E-state index in [1.165, 1.54) is 0 Å². The van der Waals surface area contributed by atoms with Crippen LogP contribution in [-0.4, -0.2) is 19.9 Å². The number of hydrogen-bond acceptors (Lipinski definition) is 6. The van der Waals surface area contributed by atoms with E-state index in [2.05, 4.69) is 6.07 Å². The van der Waals surface area contributed by atoms with E-state index in [9.17, 15) is 15.8 Å². The Morgan fingerprint density at radius 3 is 2.48 bits per heavy atom. The van der Waals surface area contributed by atoms with Crippen LogP contribution in [-0.2, 0) is 0 Å². The molecule has 2 aliphatic carbocycles. The number of fused-ring (bicyclic) bond motifs is 1. The molecule has 6 heteroatoms. The summed E-state index contributed by atoms with van der Waals surface area (Å²) >= 11 is 0. The Bertz CT molecular complexity index is 915. The summed E-state index contributed by atoms with van der Waals surface area (Å²) in [5.41, 5.74) is -0.372. The Morgan fingerprint density at radius 1 is 1.15 bits per heavy atom. The minimum atomic E-state index is -1.66. The summed E-state index contributed by atoms with van der Waals surface area (Å²) in [4.78, 5) is 0. The second kappa shape index (κ2) is 7.14. The lowest BCUT2D eigenvalue weighted by Gasteiger charge is -2.45. The predicted molar refractivity (Wildman–Crippen MR) is 98.2 cm³/mol. The summed E-state index contributed by atoms with van der Waals surface area (Å²) in [5.74, 6) is -0.335. The number of allylic oxidation sites excluding steroid dienone is 2. The Morgan fingerprint density at radius 2 is 1.89 bits per heavy atom. The van der Waals surface area contributed by atoms with Gasteiger partial charge in [-0.25, -0.2) is 0 Å². The first-order chi connectivity index (χ1) is 13.1. The van der Waals surface area contributed by atoms with Gasteiger partial charge < -0.3 is 14.9 Å². The van der Waals surface area contributed by atoms with Crippen molar-refractivity contribution in [1.29, 1.82) is 21.2 Å². The SMILES string of the molecule is COc1cccc([C@@H]2C(C#N)C(=N)C(C#N)(C#N)C3=CCCC[C@H]32)c1OC. The van der Waals surface area contributed by atoms with Gasteiger partial charge in [-0.15, -0.1) is 0 Å². The number of benzene rings is 1. The number of para-hydroxylation sites is 1. The first-order valence-corrected chi connectivity index (χ1v) is 8.82. The van der Waals surface area contributed by atoms with Gasteiger partial charge in [-0.05, 0) is 36.8 Å². The average Bonchev–Trinajstić information content (AvgIpc) is 2.72. The molecule has 3 rings (SSSR count). The molecule has 1 fully saturated rings. The normalized spacial score (nSPS) is 25.8. The first kappa shape index (κ1) is 18.5. The summed E-state index contributed by atoms with van der Waals surface area (Å²) in [5, 5.41) is 38.1. The standard InChI is InChI=1S/C21H20N4O2/c1-26-17-9-5-7-14(19(17)27-2)18-13-6-3-4-8-16(13)21(11-23,12-24)20(25)15(18)10-22/h5,7-9,13,15,18,25H,3-4,6H2,1-2H3/t13-,15?,18-/m1/s1. The molecule has 1 aromatic rings. The molecular formula is C21H20N4O2. The van der Waals surface area contributed by atoms with Crippen molar-refractivity contribution < 1.29 is 9.47 Å². The summed E-state index contributed by atoms with van der Waals surface area (Å²) < 4.78 is 11.0. The average molecular weight is 360 g/mol. The largest absolute Gasteiger partial charge is 0.493 e. The van der Waals surface area contributed by atoms with Gasteiger partial charge in [0.1, 0.15) is 0 Å². The van der Waals surface area contributed by atoms with Gasteiger partial charge in [-0.1, -0.05) is 18.2 Å². The highest BCUT2D eigenvalue weighted by Gasteiger charge is 2.56. The molecule has 6 nitrogen and oxygen atoms in total. The van der Waals surface area contributed by atoms with Gasteiger partial charge in [-0.3, -0.25) is 0 Å². The monoisotopic (exact) mass is 360 g/mol. The van der Waals surface area contributed by atoms with E-state index in [0.29, 0.717) is 17.1 Å². The number of nitrogens with zero attached hydrogens (tertiary/aromatic N) is 3. The fourth-order valence-electron chi connectivity index (χ4n) is 4.50. The molecule has 0 aliphatic heterocycles. The van der Waals surface area contributed by atoms with E-state index in [0.717, 1.165) is 24.8 Å². The second-order valence-electron chi connectivity index (χ2n) is 6.80. The van der Waals surface area contributed by atoms with E-state index >= 15 is 0 Å². The lowest BCUT2D eigenvalue weighted by molar-refractivity contribution is 0.316. The minimum absolute atomic E-state index is 0.144. The molecule has 0 spiro atoms. The van der Waals surface area contributed by atoms with Crippen LogP contribution in [0, 0.1) is 56.7 Å². The predicted octanol–water partition coefficient (Wildman–Crippen LogP) is 3.72. The number of nitrogens with one attached hydrogen (secondary N) is 1. The van der Waals surface area contributed by atoms with Crippen molar-refractivity contribution >= 4 is 5.71 Å². The highest BCUT2D eigenvalue weighted by Crippen LogP contribution is 2.56. The third kappa shape index (κ3) is 2.56. The van der Waals surface area contributed by atoms with Gasteiger partial charge in [0.2, 0.25) is 5.41 Å². The molecule has 1 saturated carbocycles. The van der Waals surface area contributed by atoms with Crippen molar-refractivity contribution in [3.8, 4) is 29.7 Å². The topological polar surface area (TPSA) is 114 Å². The third-order valence-corrected chi connectivity index (χ3v) is 5.69. The number of ether oxygens (including phenoxy) is 2. The lowest BCUT2D eigenvalue weighted by atomic mass is 9.54. The fraction of sp³-hybridized carbons (Fsp3) is 0.429. The Kier molecular flexibility index (Phi) is 4.89. The van der Waals surface area contributed by atoms with Gasteiger partial charge in [0.05, 0.1) is 44.1 Å². The molecule has 0 bridgehead atoms. The van der Waals surface area contributed by atoms with Crippen LogP contribution in [0.25, 0.3) is 0 Å². The molecule has 1 unspecified atom stereocenters. The van der Waals surface area contributed by atoms with Crippen LogP contribution < -0.4 is 9.47 Å². The Balaban J connectivity index is 2.27. The first-order valence-electron chi connectivity index (χ1n) is 8.82. The molecule has 0 saturated heterocycles. The number of hydrogen-bond donors (Lipinski definition) is 1. The van der Waals surface area contributed by atoms with Crippen LogP contribution >= 0.6 is 0 Å². The molecule has 0 heterocycles. The molecule has 0 radical (unpaired) electrons. The molecule has 27 heavy (non-hydrogen) atoms. The minimum Gasteiger partial charge on any atom is -0.493 e. The fourth-order valence-corrected chi connectivity index (χ4v) is 4.50.